The topological polar surface area (TPSA) is 64.3 Å². The Balaban J connectivity index is 2.02. The molecule has 76 valence electrons. The third-order valence-corrected chi connectivity index (χ3v) is 2.49. The number of primary amides is 1. The highest BCUT2D eigenvalue weighted by Gasteiger charge is 2.23. The van der Waals surface area contributed by atoms with Gasteiger partial charge in [-0.25, -0.2) is 0 Å². The summed E-state index contributed by atoms with van der Waals surface area (Å²) in [7, 11) is 0. The Labute approximate surface area is 78.8 Å². The lowest BCUT2D eigenvalue weighted by Gasteiger charge is -2.13. The minimum absolute atomic E-state index is 0.247. The molecule has 0 saturated carbocycles. The molecule has 0 aromatic heterocycles. The molecule has 0 bridgehead atoms. The van der Waals surface area contributed by atoms with Crippen LogP contribution in [0, 0.1) is 5.92 Å². The van der Waals surface area contributed by atoms with Crippen LogP contribution in [0.2, 0.25) is 0 Å². The van der Waals surface area contributed by atoms with Crippen LogP contribution in [-0.2, 0) is 9.53 Å². The highest BCUT2D eigenvalue weighted by atomic mass is 16.5. The maximum absolute atomic E-state index is 10.4. The first-order valence-electron chi connectivity index (χ1n) is 4.81. The summed E-state index contributed by atoms with van der Waals surface area (Å²) >= 11 is 0. The molecule has 1 aliphatic rings. The third kappa shape index (κ3) is 3.74. The Hall–Kier alpha value is -0.610. The predicted molar refractivity (Wildman–Crippen MR) is 50.2 cm³/mol. The molecule has 4 heteroatoms. The predicted octanol–water partition coefficient (Wildman–Crippen LogP) is -0.124. The van der Waals surface area contributed by atoms with Gasteiger partial charge >= 0.3 is 0 Å². The van der Waals surface area contributed by atoms with E-state index in [0.29, 0.717) is 25.0 Å². The van der Waals surface area contributed by atoms with Crippen LogP contribution in [0.3, 0.4) is 0 Å². The molecule has 13 heavy (non-hydrogen) atoms. The van der Waals surface area contributed by atoms with Gasteiger partial charge in [-0.15, -0.1) is 0 Å². The molecule has 1 rings (SSSR count). The lowest BCUT2D eigenvalue weighted by molar-refractivity contribution is -0.117. The normalized spacial score (nSPS) is 27.8. The van der Waals surface area contributed by atoms with Gasteiger partial charge in [-0.3, -0.25) is 4.79 Å². The van der Waals surface area contributed by atoms with Crippen molar-refractivity contribution in [2.24, 2.45) is 11.7 Å². The number of carbonyl (C=O) groups is 1. The van der Waals surface area contributed by atoms with E-state index in [0.717, 1.165) is 19.6 Å². The largest absolute Gasteiger partial charge is 0.378 e. The first-order valence-corrected chi connectivity index (χ1v) is 4.81. The number of hydrogen-bond acceptors (Lipinski definition) is 3. The van der Waals surface area contributed by atoms with Crippen molar-refractivity contribution in [1.82, 2.24) is 5.32 Å². The molecule has 1 amide bonds. The Kier molecular flexibility index (Phi) is 4.18. The highest BCUT2D eigenvalue weighted by Crippen LogP contribution is 2.18. The Morgan fingerprint density at radius 3 is 3.00 bits per heavy atom. The van der Waals surface area contributed by atoms with Gasteiger partial charge in [-0.05, 0) is 19.3 Å². The molecule has 0 spiro atoms. The minimum Gasteiger partial charge on any atom is -0.378 e. The fraction of sp³-hybridized carbons (Fsp3) is 0.889. The summed E-state index contributed by atoms with van der Waals surface area (Å²) in [6.07, 6.45) is 1.88. The quantitative estimate of drug-likeness (QED) is 0.588. The van der Waals surface area contributed by atoms with Crippen LogP contribution in [0.25, 0.3) is 0 Å². The molecule has 0 aliphatic carbocycles. The maximum atomic E-state index is 10.4. The fourth-order valence-corrected chi connectivity index (χ4v) is 1.54. The number of ether oxygens (including phenoxy) is 1. The summed E-state index contributed by atoms with van der Waals surface area (Å²) in [5.74, 6) is 0.344. The number of rotatable bonds is 5. The summed E-state index contributed by atoms with van der Waals surface area (Å²) in [5, 5.41) is 3.21. The first kappa shape index (κ1) is 10.5. The molecule has 2 atom stereocenters. The molecular weight excluding hydrogens is 168 g/mol. The van der Waals surface area contributed by atoms with E-state index in [1.807, 2.05) is 0 Å². The van der Waals surface area contributed by atoms with Crippen molar-refractivity contribution in [2.75, 3.05) is 19.7 Å². The zero-order valence-electron chi connectivity index (χ0n) is 8.08. The molecule has 4 nitrogen and oxygen atoms in total. The number of carbonyl (C=O) groups excluding carboxylic acids is 1. The molecule has 1 heterocycles. The fourth-order valence-electron chi connectivity index (χ4n) is 1.54. The van der Waals surface area contributed by atoms with Crippen molar-refractivity contribution in [2.45, 2.75) is 25.9 Å². The number of nitrogens with one attached hydrogen (secondary N) is 1. The van der Waals surface area contributed by atoms with Crippen molar-refractivity contribution in [3.8, 4) is 0 Å². The zero-order valence-corrected chi connectivity index (χ0v) is 8.08. The van der Waals surface area contributed by atoms with Gasteiger partial charge in [0.2, 0.25) is 5.91 Å². The van der Waals surface area contributed by atoms with Gasteiger partial charge in [0.15, 0.2) is 0 Å². The number of amides is 1. The molecule has 1 saturated heterocycles. The first-order chi connectivity index (χ1) is 6.20. The summed E-state index contributed by atoms with van der Waals surface area (Å²) in [5.41, 5.74) is 5.01. The molecule has 1 fully saturated rings. The molecule has 2 unspecified atom stereocenters. The van der Waals surface area contributed by atoms with Crippen LogP contribution in [0.5, 0.6) is 0 Å². The lowest BCUT2D eigenvalue weighted by atomic mass is 10.0. The van der Waals surface area contributed by atoms with E-state index >= 15 is 0 Å². The van der Waals surface area contributed by atoms with Crippen LogP contribution in [-0.4, -0.2) is 31.7 Å². The lowest BCUT2D eigenvalue weighted by Crippen LogP contribution is -2.29. The van der Waals surface area contributed by atoms with Crippen molar-refractivity contribution < 1.29 is 9.53 Å². The van der Waals surface area contributed by atoms with Gasteiger partial charge in [0, 0.05) is 26.1 Å². The van der Waals surface area contributed by atoms with E-state index < -0.39 is 0 Å². The van der Waals surface area contributed by atoms with Crippen LogP contribution < -0.4 is 11.1 Å². The van der Waals surface area contributed by atoms with Gasteiger partial charge in [0.05, 0.1) is 6.10 Å². The van der Waals surface area contributed by atoms with E-state index in [4.69, 9.17) is 10.5 Å². The Morgan fingerprint density at radius 1 is 1.69 bits per heavy atom. The highest BCUT2D eigenvalue weighted by molar-refractivity contribution is 5.73. The van der Waals surface area contributed by atoms with Crippen molar-refractivity contribution in [3.05, 3.63) is 0 Å². The smallest absolute Gasteiger partial charge is 0.218 e. The van der Waals surface area contributed by atoms with Crippen LogP contribution in [0.1, 0.15) is 19.8 Å². The molecule has 3 N–H and O–H groups in total. The summed E-state index contributed by atoms with van der Waals surface area (Å²) in [4.78, 5) is 10.4. The van der Waals surface area contributed by atoms with Gasteiger partial charge in [-0.2, -0.15) is 0 Å². The second-order valence-electron chi connectivity index (χ2n) is 3.55. The van der Waals surface area contributed by atoms with Gasteiger partial charge in [0.1, 0.15) is 0 Å². The van der Waals surface area contributed by atoms with Crippen LogP contribution in [0.15, 0.2) is 0 Å². The van der Waals surface area contributed by atoms with Crippen molar-refractivity contribution in [1.29, 1.82) is 0 Å². The third-order valence-electron chi connectivity index (χ3n) is 2.49. The van der Waals surface area contributed by atoms with Gasteiger partial charge in [0.25, 0.3) is 0 Å². The molecule has 0 aromatic carbocycles. The average molecular weight is 186 g/mol. The SMILES string of the molecule is CC1OCCC1CNCCC(N)=O. The van der Waals surface area contributed by atoms with Gasteiger partial charge < -0.3 is 15.8 Å². The van der Waals surface area contributed by atoms with E-state index in [9.17, 15) is 4.79 Å². The number of hydrogen-bond donors (Lipinski definition) is 2. The van der Waals surface area contributed by atoms with Crippen molar-refractivity contribution >= 4 is 5.91 Å². The number of nitrogens with two attached hydrogens (primary N) is 1. The van der Waals surface area contributed by atoms with Crippen molar-refractivity contribution in [3.63, 3.8) is 0 Å². The minimum atomic E-state index is -0.247. The molecule has 0 radical (unpaired) electrons. The summed E-state index contributed by atoms with van der Waals surface area (Å²) in [6.45, 7) is 4.56. The zero-order chi connectivity index (χ0) is 9.68. The second-order valence-corrected chi connectivity index (χ2v) is 3.55. The second kappa shape index (κ2) is 5.19. The van der Waals surface area contributed by atoms with Crippen LogP contribution >= 0.6 is 0 Å². The summed E-state index contributed by atoms with van der Waals surface area (Å²) in [6, 6.07) is 0. The van der Waals surface area contributed by atoms with E-state index in [2.05, 4.69) is 12.2 Å². The standard InChI is InChI=1S/C9H18N2O2/c1-7-8(3-5-13-7)6-11-4-2-9(10)12/h7-8,11H,2-6H2,1H3,(H2,10,12). The molecular formula is C9H18N2O2. The molecule has 0 aromatic rings. The average Bonchev–Trinajstić information content (AvgIpc) is 2.45. The maximum Gasteiger partial charge on any atom is 0.218 e. The molecule has 1 aliphatic heterocycles. The Bertz CT molecular complexity index is 173. The van der Waals surface area contributed by atoms with E-state index in [-0.39, 0.29) is 5.91 Å². The monoisotopic (exact) mass is 186 g/mol. The Morgan fingerprint density at radius 2 is 2.46 bits per heavy atom. The van der Waals surface area contributed by atoms with Crippen LogP contribution in [0.4, 0.5) is 0 Å². The van der Waals surface area contributed by atoms with E-state index in [1.54, 1.807) is 0 Å². The van der Waals surface area contributed by atoms with Gasteiger partial charge in [-0.1, -0.05) is 0 Å². The van der Waals surface area contributed by atoms with E-state index in [1.165, 1.54) is 0 Å². The summed E-state index contributed by atoms with van der Waals surface area (Å²) < 4.78 is 5.41.